The highest BCUT2D eigenvalue weighted by Gasteiger charge is 2.32. The predicted octanol–water partition coefficient (Wildman–Crippen LogP) is 0.921. The van der Waals surface area contributed by atoms with Gasteiger partial charge in [0.2, 0.25) is 10.0 Å². The number of hydrogen-bond acceptors (Lipinski definition) is 3. The fourth-order valence-electron chi connectivity index (χ4n) is 0.978. The minimum Gasteiger partial charge on any atom is -0.481 e. The Morgan fingerprint density at radius 2 is 1.88 bits per heavy atom. The highest BCUT2D eigenvalue weighted by atomic mass is 32.2. The first-order chi connectivity index (χ1) is 7.46. The van der Waals surface area contributed by atoms with E-state index in [2.05, 4.69) is 0 Å². The molecule has 0 aliphatic carbocycles. The summed E-state index contributed by atoms with van der Waals surface area (Å²) >= 11 is 0. The van der Waals surface area contributed by atoms with Gasteiger partial charge >= 0.3 is 12.1 Å². The Kier molecular flexibility index (Phi) is 5.40. The van der Waals surface area contributed by atoms with Gasteiger partial charge in [-0.2, -0.15) is 13.2 Å². The van der Waals surface area contributed by atoms with E-state index in [1.54, 1.807) is 0 Å². The lowest BCUT2D eigenvalue weighted by Gasteiger charge is -2.19. The van der Waals surface area contributed by atoms with E-state index in [4.69, 9.17) is 5.11 Å². The van der Waals surface area contributed by atoms with Crippen LogP contribution in [0, 0.1) is 5.92 Å². The predicted molar refractivity (Wildman–Crippen MR) is 53.9 cm³/mol. The molecule has 0 aromatic rings. The van der Waals surface area contributed by atoms with Gasteiger partial charge in [0.15, 0.2) is 0 Å². The molecule has 5 nitrogen and oxygen atoms in total. The molecular formula is C8H14F3NO4S. The van der Waals surface area contributed by atoms with E-state index in [-0.39, 0.29) is 6.54 Å². The van der Waals surface area contributed by atoms with Gasteiger partial charge in [0.1, 0.15) is 0 Å². The molecule has 9 heteroatoms. The summed E-state index contributed by atoms with van der Waals surface area (Å²) in [5, 5.41) is 8.55. The van der Waals surface area contributed by atoms with Crippen molar-refractivity contribution in [2.24, 2.45) is 5.92 Å². The smallest absolute Gasteiger partial charge is 0.390 e. The molecule has 1 atom stereocenters. The molecule has 0 aromatic heterocycles. The standard InChI is InChI=1S/C8H14F3NO4S/c1-6(7(13)14)5-12(2)17(15,16)4-3-8(9,10)11/h6H,3-5H2,1-2H3,(H,13,14). The molecule has 0 amide bonds. The fraction of sp³-hybridized carbons (Fsp3) is 0.875. The van der Waals surface area contributed by atoms with Crippen LogP contribution in [0.15, 0.2) is 0 Å². The summed E-state index contributed by atoms with van der Waals surface area (Å²) in [7, 11) is -3.01. The summed E-state index contributed by atoms with van der Waals surface area (Å²) in [5.41, 5.74) is 0. The number of rotatable bonds is 6. The molecule has 0 aromatic carbocycles. The van der Waals surface area contributed by atoms with Crippen molar-refractivity contribution in [1.82, 2.24) is 4.31 Å². The van der Waals surface area contributed by atoms with Crippen molar-refractivity contribution in [1.29, 1.82) is 0 Å². The summed E-state index contributed by atoms with van der Waals surface area (Å²) < 4.78 is 59.0. The number of carboxylic acids is 1. The number of alkyl halides is 3. The van der Waals surface area contributed by atoms with Gasteiger partial charge in [-0.25, -0.2) is 12.7 Å². The van der Waals surface area contributed by atoms with Crippen molar-refractivity contribution in [3.8, 4) is 0 Å². The second kappa shape index (κ2) is 5.67. The molecule has 1 unspecified atom stereocenters. The van der Waals surface area contributed by atoms with E-state index < -0.39 is 40.3 Å². The summed E-state index contributed by atoms with van der Waals surface area (Å²) in [4.78, 5) is 10.5. The molecule has 0 bridgehead atoms. The maximum Gasteiger partial charge on any atom is 0.390 e. The number of halogens is 3. The maximum atomic E-state index is 11.9. The molecule has 0 saturated heterocycles. The van der Waals surface area contributed by atoms with Crippen LogP contribution in [-0.4, -0.2) is 49.3 Å². The van der Waals surface area contributed by atoms with E-state index >= 15 is 0 Å². The second-order valence-electron chi connectivity index (χ2n) is 3.70. The Morgan fingerprint density at radius 3 is 2.24 bits per heavy atom. The van der Waals surface area contributed by atoms with Crippen LogP contribution in [0.5, 0.6) is 0 Å². The van der Waals surface area contributed by atoms with Crippen molar-refractivity contribution >= 4 is 16.0 Å². The third-order valence-electron chi connectivity index (χ3n) is 2.07. The largest absolute Gasteiger partial charge is 0.481 e. The highest BCUT2D eigenvalue weighted by Crippen LogP contribution is 2.21. The van der Waals surface area contributed by atoms with Gasteiger partial charge in [-0.15, -0.1) is 0 Å². The van der Waals surface area contributed by atoms with E-state index in [1.807, 2.05) is 0 Å². The van der Waals surface area contributed by atoms with Crippen LogP contribution in [-0.2, 0) is 14.8 Å². The molecule has 0 rings (SSSR count). The Balaban J connectivity index is 4.46. The number of sulfonamides is 1. The van der Waals surface area contributed by atoms with Gasteiger partial charge in [0, 0.05) is 13.6 Å². The molecule has 0 spiro atoms. The van der Waals surface area contributed by atoms with Gasteiger partial charge in [0.25, 0.3) is 0 Å². The van der Waals surface area contributed by atoms with Crippen LogP contribution >= 0.6 is 0 Å². The van der Waals surface area contributed by atoms with Gasteiger partial charge < -0.3 is 5.11 Å². The normalized spacial score (nSPS) is 14.9. The summed E-state index contributed by atoms with van der Waals surface area (Å²) in [6.07, 6.45) is -5.99. The van der Waals surface area contributed by atoms with Crippen molar-refractivity contribution in [2.45, 2.75) is 19.5 Å². The molecule has 1 N–H and O–H groups in total. The van der Waals surface area contributed by atoms with Crippen molar-refractivity contribution in [3.63, 3.8) is 0 Å². The summed E-state index contributed by atoms with van der Waals surface area (Å²) in [6.45, 7) is 0.924. The minimum atomic E-state index is -4.55. The fourth-order valence-corrected chi connectivity index (χ4v) is 2.23. The van der Waals surface area contributed by atoms with E-state index in [1.165, 1.54) is 6.92 Å². The Bertz CT molecular complexity index is 365. The van der Waals surface area contributed by atoms with Crippen LogP contribution < -0.4 is 0 Å². The first-order valence-corrected chi connectivity index (χ1v) is 6.30. The first-order valence-electron chi connectivity index (χ1n) is 4.69. The van der Waals surface area contributed by atoms with Gasteiger partial charge in [-0.05, 0) is 0 Å². The molecule has 0 radical (unpaired) electrons. The summed E-state index contributed by atoms with van der Waals surface area (Å²) in [6, 6.07) is 0. The first kappa shape index (κ1) is 16.2. The lowest BCUT2D eigenvalue weighted by molar-refractivity contribution is -0.141. The van der Waals surface area contributed by atoms with Crippen LogP contribution in [0.1, 0.15) is 13.3 Å². The summed E-state index contributed by atoms with van der Waals surface area (Å²) in [5.74, 6) is -3.25. The SMILES string of the molecule is CC(CN(C)S(=O)(=O)CCC(F)(F)F)C(=O)O. The Morgan fingerprint density at radius 1 is 1.41 bits per heavy atom. The molecule has 0 heterocycles. The van der Waals surface area contributed by atoms with Crippen LogP contribution in [0.2, 0.25) is 0 Å². The number of carboxylic acid groups (broad SMARTS) is 1. The average molecular weight is 277 g/mol. The van der Waals surface area contributed by atoms with Gasteiger partial charge in [-0.3, -0.25) is 4.79 Å². The van der Waals surface area contributed by atoms with Crippen molar-refractivity contribution in [2.75, 3.05) is 19.3 Å². The van der Waals surface area contributed by atoms with Crippen LogP contribution in [0.3, 0.4) is 0 Å². The van der Waals surface area contributed by atoms with Crippen molar-refractivity contribution in [3.05, 3.63) is 0 Å². The van der Waals surface area contributed by atoms with E-state index in [0.29, 0.717) is 4.31 Å². The zero-order chi connectivity index (χ0) is 13.9. The van der Waals surface area contributed by atoms with Gasteiger partial charge in [0.05, 0.1) is 18.1 Å². The van der Waals surface area contributed by atoms with Crippen LogP contribution in [0.4, 0.5) is 13.2 Å². The number of aliphatic carboxylic acids is 1. The zero-order valence-corrected chi connectivity index (χ0v) is 10.2. The van der Waals surface area contributed by atoms with E-state index in [0.717, 1.165) is 7.05 Å². The lowest BCUT2D eigenvalue weighted by atomic mass is 10.2. The Labute approximate surface area is 97.3 Å². The third-order valence-corrected chi connectivity index (χ3v) is 3.89. The monoisotopic (exact) mass is 277 g/mol. The third kappa shape index (κ3) is 6.47. The second-order valence-corrected chi connectivity index (χ2v) is 5.90. The number of hydrogen-bond donors (Lipinski definition) is 1. The minimum absolute atomic E-state index is 0.352. The van der Waals surface area contributed by atoms with E-state index in [9.17, 15) is 26.4 Å². The Hall–Kier alpha value is -0.830. The molecule has 0 aliphatic heterocycles. The molecule has 17 heavy (non-hydrogen) atoms. The molecule has 0 fully saturated rings. The topological polar surface area (TPSA) is 74.7 Å². The molecule has 102 valence electrons. The number of nitrogens with zero attached hydrogens (tertiary/aromatic N) is 1. The number of carbonyl (C=O) groups is 1. The average Bonchev–Trinajstić information content (AvgIpc) is 2.13. The van der Waals surface area contributed by atoms with Crippen LogP contribution in [0.25, 0.3) is 0 Å². The highest BCUT2D eigenvalue weighted by molar-refractivity contribution is 7.89. The lowest BCUT2D eigenvalue weighted by Crippen LogP contribution is -2.36. The quantitative estimate of drug-likeness (QED) is 0.783. The molecule has 0 aliphatic rings. The molecule has 0 saturated carbocycles. The zero-order valence-electron chi connectivity index (χ0n) is 9.36. The maximum absolute atomic E-state index is 11.9. The molecular weight excluding hydrogens is 263 g/mol. The van der Waals surface area contributed by atoms with Gasteiger partial charge in [-0.1, -0.05) is 6.92 Å². The van der Waals surface area contributed by atoms with Crippen molar-refractivity contribution < 1.29 is 31.5 Å².